The van der Waals surface area contributed by atoms with E-state index in [2.05, 4.69) is 0 Å². The highest BCUT2D eigenvalue weighted by molar-refractivity contribution is 6.02. The van der Waals surface area contributed by atoms with Crippen LogP contribution in [0.3, 0.4) is 0 Å². The predicted molar refractivity (Wildman–Crippen MR) is 76.9 cm³/mol. The molecule has 1 aromatic carbocycles. The fraction of sp³-hybridized carbons (Fsp3) is 0.412. The number of aryl methyl sites for hydroxylation is 1. The SMILES string of the molecule is CCc1ccccc1N1C[C@@]23C=C[C@H](O2)[C@@H](C(=O)[O-])[C@H]3C1=O. The second kappa shape index (κ2) is 4.43. The van der Waals surface area contributed by atoms with Gasteiger partial charge in [-0.25, -0.2) is 0 Å². The maximum Gasteiger partial charge on any atom is 0.234 e. The Morgan fingerprint density at radius 2 is 2.23 bits per heavy atom. The number of amides is 1. The minimum atomic E-state index is -1.21. The number of para-hydroxylation sites is 1. The summed E-state index contributed by atoms with van der Waals surface area (Å²) < 4.78 is 5.86. The van der Waals surface area contributed by atoms with E-state index >= 15 is 0 Å². The summed E-state index contributed by atoms with van der Waals surface area (Å²) in [5.74, 6) is -2.96. The molecule has 22 heavy (non-hydrogen) atoms. The van der Waals surface area contributed by atoms with E-state index in [4.69, 9.17) is 4.74 Å². The van der Waals surface area contributed by atoms with Gasteiger partial charge in [0.2, 0.25) is 5.91 Å². The Kier molecular flexibility index (Phi) is 2.72. The summed E-state index contributed by atoms with van der Waals surface area (Å²) in [5, 5.41) is 11.4. The van der Waals surface area contributed by atoms with Gasteiger partial charge in [0, 0.05) is 17.6 Å². The predicted octanol–water partition coefficient (Wildman–Crippen LogP) is 0.285. The maximum absolute atomic E-state index is 12.9. The highest BCUT2D eigenvalue weighted by atomic mass is 16.5. The molecular formula is C17H16NO4-. The molecule has 4 rings (SSSR count). The molecule has 1 amide bonds. The number of hydrogen-bond donors (Lipinski definition) is 0. The number of nitrogens with zero attached hydrogens (tertiary/aromatic N) is 1. The highest BCUT2D eigenvalue weighted by Gasteiger charge is 2.65. The van der Waals surface area contributed by atoms with Crippen LogP contribution in [-0.2, 0) is 20.7 Å². The topological polar surface area (TPSA) is 69.7 Å². The van der Waals surface area contributed by atoms with Gasteiger partial charge in [-0.3, -0.25) is 4.79 Å². The van der Waals surface area contributed by atoms with E-state index in [1.807, 2.05) is 37.3 Å². The monoisotopic (exact) mass is 298 g/mol. The summed E-state index contributed by atoms with van der Waals surface area (Å²) >= 11 is 0. The van der Waals surface area contributed by atoms with Gasteiger partial charge >= 0.3 is 0 Å². The second-order valence-corrected chi connectivity index (χ2v) is 6.13. The number of carboxylic acids is 1. The molecule has 0 unspecified atom stereocenters. The van der Waals surface area contributed by atoms with Gasteiger partial charge < -0.3 is 19.5 Å². The van der Waals surface area contributed by atoms with Crippen LogP contribution in [0.15, 0.2) is 36.4 Å². The number of carboxylic acid groups (broad SMARTS) is 1. The van der Waals surface area contributed by atoms with Gasteiger partial charge in [-0.05, 0) is 18.1 Å². The molecule has 0 saturated carbocycles. The van der Waals surface area contributed by atoms with Crippen LogP contribution in [0.2, 0.25) is 0 Å². The fourth-order valence-electron chi connectivity index (χ4n) is 4.04. The zero-order valence-corrected chi connectivity index (χ0v) is 12.2. The summed E-state index contributed by atoms with van der Waals surface area (Å²) in [6.07, 6.45) is 3.87. The molecule has 1 aromatic rings. The van der Waals surface area contributed by atoms with Gasteiger partial charge in [-0.1, -0.05) is 37.3 Å². The molecular weight excluding hydrogens is 282 g/mol. The normalized spacial score (nSPS) is 35.2. The minimum Gasteiger partial charge on any atom is -0.550 e. The van der Waals surface area contributed by atoms with Gasteiger partial charge in [0.25, 0.3) is 0 Å². The van der Waals surface area contributed by atoms with Crippen molar-refractivity contribution in [3.8, 4) is 0 Å². The molecule has 114 valence electrons. The average molecular weight is 298 g/mol. The summed E-state index contributed by atoms with van der Waals surface area (Å²) in [5.41, 5.74) is 1.10. The first-order valence-corrected chi connectivity index (χ1v) is 7.55. The number of fused-ring (bicyclic) bond motifs is 1. The molecule has 2 fully saturated rings. The number of benzene rings is 1. The average Bonchev–Trinajstić information content (AvgIpc) is 3.15. The molecule has 2 saturated heterocycles. The van der Waals surface area contributed by atoms with Crippen molar-refractivity contribution in [3.05, 3.63) is 42.0 Å². The molecule has 0 aromatic heterocycles. The van der Waals surface area contributed by atoms with Crippen LogP contribution in [0.4, 0.5) is 5.69 Å². The van der Waals surface area contributed by atoms with Gasteiger partial charge in [0.1, 0.15) is 5.60 Å². The largest absolute Gasteiger partial charge is 0.550 e. The maximum atomic E-state index is 12.9. The number of hydrogen-bond acceptors (Lipinski definition) is 4. The third kappa shape index (κ3) is 1.57. The molecule has 1 spiro atoms. The molecule has 4 atom stereocenters. The Balaban J connectivity index is 1.77. The van der Waals surface area contributed by atoms with Crippen molar-refractivity contribution in [2.75, 3.05) is 11.4 Å². The lowest BCUT2D eigenvalue weighted by Crippen LogP contribution is -2.45. The molecule has 3 heterocycles. The van der Waals surface area contributed by atoms with E-state index in [-0.39, 0.29) is 5.91 Å². The van der Waals surface area contributed by atoms with E-state index < -0.39 is 29.5 Å². The summed E-state index contributed by atoms with van der Waals surface area (Å²) in [6, 6.07) is 7.71. The number of carbonyl (C=O) groups is 2. The molecule has 0 N–H and O–H groups in total. The van der Waals surface area contributed by atoms with Gasteiger partial charge in [0.15, 0.2) is 0 Å². The molecule has 0 aliphatic carbocycles. The van der Waals surface area contributed by atoms with Crippen molar-refractivity contribution in [1.29, 1.82) is 0 Å². The standard InChI is InChI=1S/C17H17NO4/c1-2-10-5-3-4-6-11(10)18-9-17-8-7-12(22-17)13(16(20)21)14(17)15(18)19/h3-8,12-14H,2,9H2,1H3,(H,20,21)/p-1/t12-,13+,14-,17+/m0/s1. The quantitative estimate of drug-likeness (QED) is 0.752. The Labute approximate surface area is 128 Å². The van der Waals surface area contributed by atoms with Gasteiger partial charge in [-0.2, -0.15) is 0 Å². The molecule has 0 radical (unpaired) electrons. The number of ether oxygens (including phenoxy) is 1. The van der Waals surface area contributed by atoms with E-state index in [1.165, 1.54) is 0 Å². The summed E-state index contributed by atoms with van der Waals surface area (Å²) in [7, 11) is 0. The van der Waals surface area contributed by atoms with Crippen LogP contribution in [0, 0.1) is 11.8 Å². The summed E-state index contributed by atoms with van der Waals surface area (Å²) in [4.78, 5) is 26.0. The van der Waals surface area contributed by atoms with E-state index in [9.17, 15) is 14.7 Å². The number of aliphatic carboxylic acids is 1. The van der Waals surface area contributed by atoms with E-state index in [0.717, 1.165) is 17.7 Å². The number of carbonyl (C=O) groups excluding carboxylic acids is 2. The Bertz CT molecular complexity index is 698. The first kappa shape index (κ1) is 13.5. The zero-order valence-electron chi connectivity index (χ0n) is 12.2. The summed E-state index contributed by atoms with van der Waals surface area (Å²) in [6.45, 7) is 2.40. The molecule has 2 bridgehead atoms. The van der Waals surface area contributed by atoms with Crippen LogP contribution >= 0.6 is 0 Å². The van der Waals surface area contributed by atoms with Crippen molar-refractivity contribution >= 4 is 17.6 Å². The first-order valence-electron chi connectivity index (χ1n) is 7.55. The molecule has 3 aliphatic heterocycles. The van der Waals surface area contributed by atoms with Crippen LogP contribution < -0.4 is 10.0 Å². The third-order valence-electron chi connectivity index (χ3n) is 5.04. The van der Waals surface area contributed by atoms with Crippen molar-refractivity contribution in [3.63, 3.8) is 0 Å². The second-order valence-electron chi connectivity index (χ2n) is 6.13. The first-order chi connectivity index (χ1) is 10.6. The molecule has 5 heteroatoms. The van der Waals surface area contributed by atoms with Crippen molar-refractivity contribution in [2.24, 2.45) is 11.8 Å². The van der Waals surface area contributed by atoms with Crippen molar-refractivity contribution in [1.82, 2.24) is 0 Å². The lowest BCUT2D eigenvalue weighted by atomic mass is 9.77. The molecule has 5 nitrogen and oxygen atoms in total. The lowest BCUT2D eigenvalue weighted by Gasteiger charge is -2.24. The van der Waals surface area contributed by atoms with Crippen LogP contribution in [0.5, 0.6) is 0 Å². The van der Waals surface area contributed by atoms with Crippen LogP contribution in [0.25, 0.3) is 0 Å². The third-order valence-corrected chi connectivity index (χ3v) is 5.04. The zero-order chi connectivity index (χ0) is 15.5. The van der Waals surface area contributed by atoms with E-state index in [1.54, 1.807) is 11.0 Å². The van der Waals surface area contributed by atoms with Crippen LogP contribution in [0.1, 0.15) is 12.5 Å². The van der Waals surface area contributed by atoms with E-state index in [0.29, 0.717) is 6.54 Å². The lowest BCUT2D eigenvalue weighted by molar-refractivity contribution is -0.313. The van der Waals surface area contributed by atoms with Crippen LogP contribution in [-0.4, -0.2) is 30.1 Å². The van der Waals surface area contributed by atoms with Crippen molar-refractivity contribution in [2.45, 2.75) is 25.0 Å². The smallest absolute Gasteiger partial charge is 0.234 e. The Morgan fingerprint density at radius 1 is 1.45 bits per heavy atom. The Morgan fingerprint density at radius 3 is 2.95 bits per heavy atom. The van der Waals surface area contributed by atoms with Crippen molar-refractivity contribution < 1.29 is 19.4 Å². The highest BCUT2D eigenvalue weighted by Crippen LogP contribution is 2.52. The van der Waals surface area contributed by atoms with Gasteiger partial charge in [-0.15, -0.1) is 0 Å². The number of rotatable bonds is 3. The number of anilines is 1. The fourth-order valence-corrected chi connectivity index (χ4v) is 4.04. The minimum absolute atomic E-state index is 0.179. The van der Waals surface area contributed by atoms with Gasteiger partial charge in [0.05, 0.1) is 18.6 Å². The Hall–Kier alpha value is -2.14. The molecule has 3 aliphatic rings.